The zero-order chi connectivity index (χ0) is 20.1. The first-order chi connectivity index (χ1) is 14.8. The van der Waals surface area contributed by atoms with Gasteiger partial charge in [-0.2, -0.15) is 0 Å². The molecule has 30 heavy (non-hydrogen) atoms. The standard InChI is InChI=1S/C29H20O/c1-19-9-2-4-12-21(19)24-15-7-17-26-27-18-8-16-25(29(27)30-28(24)26)23-14-6-11-20-10-3-5-13-22(20)23/h2-18H,1H3. The highest BCUT2D eigenvalue weighted by Crippen LogP contribution is 2.41. The number of hydrogen-bond donors (Lipinski definition) is 0. The van der Waals surface area contributed by atoms with Gasteiger partial charge in [-0.15, -0.1) is 0 Å². The van der Waals surface area contributed by atoms with Gasteiger partial charge in [-0.25, -0.2) is 0 Å². The number of aryl methyl sites for hydroxylation is 1. The molecular formula is C29H20O. The van der Waals surface area contributed by atoms with Crippen molar-refractivity contribution in [2.24, 2.45) is 0 Å². The second kappa shape index (κ2) is 6.60. The van der Waals surface area contributed by atoms with E-state index in [1.807, 2.05) is 0 Å². The Morgan fingerprint density at radius 1 is 0.433 bits per heavy atom. The van der Waals surface area contributed by atoms with E-state index in [0.717, 1.165) is 33.1 Å². The van der Waals surface area contributed by atoms with E-state index in [2.05, 4.69) is 110 Å². The zero-order valence-electron chi connectivity index (χ0n) is 16.7. The smallest absolute Gasteiger partial charge is 0.143 e. The molecule has 0 aliphatic rings. The minimum Gasteiger partial charge on any atom is -0.455 e. The molecule has 0 amide bonds. The summed E-state index contributed by atoms with van der Waals surface area (Å²) in [6, 6.07) is 36.4. The molecule has 0 unspecified atom stereocenters. The van der Waals surface area contributed by atoms with E-state index in [1.165, 1.54) is 27.5 Å². The van der Waals surface area contributed by atoms with E-state index in [4.69, 9.17) is 4.42 Å². The summed E-state index contributed by atoms with van der Waals surface area (Å²) in [6.45, 7) is 2.15. The molecule has 5 aromatic carbocycles. The SMILES string of the molecule is Cc1ccccc1-c1cccc2c1oc1c(-c3cccc4ccccc34)cccc12. The average molecular weight is 384 g/mol. The Morgan fingerprint density at radius 2 is 0.933 bits per heavy atom. The van der Waals surface area contributed by atoms with E-state index in [1.54, 1.807) is 0 Å². The lowest BCUT2D eigenvalue weighted by atomic mass is 9.96. The molecule has 6 aromatic rings. The first kappa shape index (κ1) is 17.1. The van der Waals surface area contributed by atoms with Crippen LogP contribution in [0, 0.1) is 6.92 Å². The van der Waals surface area contributed by atoms with E-state index >= 15 is 0 Å². The Kier molecular flexibility index (Phi) is 3.75. The third kappa shape index (κ3) is 2.49. The molecule has 0 radical (unpaired) electrons. The zero-order valence-corrected chi connectivity index (χ0v) is 16.7. The molecule has 1 nitrogen and oxygen atoms in total. The third-order valence-corrected chi connectivity index (χ3v) is 6.04. The summed E-state index contributed by atoms with van der Waals surface area (Å²) in [7, 11) is 0. The molecular weight excluding hydrogens is 364 g/mol. The van der Waals surface area contributed by atoms with E-state index < -0.39 is 0 Å². The van der Waals surface area contributed by atoms with Gasteiger partial charge in [-0.05, 0) is 34.4 Å². The van der Waals surface area contributed by atoms with Gasteiger partial charge in [0.15, 0.2) is 0 Å². The van der Waals surface area contributed by atoms with Gasteiger partial charge in [0.25, 0.3) is 0 Å². The number of rotatable bonds is 2. The number of para-hydroxylation sites is 2. The Hall–Kier alpha value is -3.84. The van der Waals surface area contributed by atoms with Crippen LogP contribution in [-0.4, -0.2) is 0 Å². The van der Waals surface area contributed by atoms with Gasteiger partial charge in [0.2, 0.25) is 0 Å². The fourth-order valence-corrected chi connectivity index (χ4v) is 4.58. The molecule has 1 aromatic heterocycles. The van der Waals surface area contributed by atoms with Crippen molar-refractivity contribution in [3.05, 3.63) is 109 Å². The highest BCUT2D eigenvalue weighted by Gasteiger charge is 2.16. The molecule has 0 aliphatic heterocycles. The Bertz CT molecular complexity index is 1550. The minimum absolute atomic E-state index is 0.949. The van der Waals surface area contributed by atoms with Crippen LogP contribution in [0.15, 0.2) is 108 Å². The summed E-state index contributed by atoms with van der Waals surface area (Å²) < 4.78 is 6.63. The highest BCUT2D eigenvalue weighted by molar-refractivity contribution is 6.14. The van der Waals surface area contributed by atoms with Crippen molar-refractivity contribution < 1.29 is 4.42 Å². The first-order valence-corrected chi connectivity index (χ1v) is 10.3. The second-order valence-corrected chi connectivity index (χ2v) is 7.81. The highest BCUT2D eigenvalue weighted by atomic mass is 16.3. The number of fused-ring (bicyclic) bond motifs is 4. The average Bonchev–Trinajstić information content (AvgIpc) is 3.18. The van der Waals surface area contributed by atoms with Crippen LogP contribution >= 0.6 is 0 Å². The van der Waals surface area contributed by atoms with Crippen molar-refractivity contribution in [1.29, 1.82) is 0 Å². The van der Waals surface area contributed by atoms with Crippen LogP contribution in [0.4, 0.5) is 0 Å². The lowest BCUT2D eigenvalue weighted by Crippen LogP contribution is -1.82. The molecule has 0 bridgehead atoms. The number of hydrogen-bond acceptors (Lipinski definition) is 1. The lowest BCUT2D eigenvalue weighted by Gasteiger charge is -2.07. The summed E-state index contributed by atoms with van der Waals surface area (Å²) in [4.78, 5) is 0. The molecule has 142 valence electrons. The van der Waals surface area contributed by atoms with Crippen molar-refractivity contribution in [2.45, 2.75) is 6.92 Å². The molecule has 0 aliphatic carbocycles. The molecule has 0 saturated carbocycles. The summed E-state index contributed by atoms with van der Waals surface area (Å²) in [5.74, 6) is 0. The van der Waals surface area contributed by atoms with Crippen molar-refractivity contribution in [3.8, 4) is 22.3 Å². The van der Waals surface area contributed by atoms with Gasteiger partial charge in [-0.1, -0.05) is 103 Å². The first-order valence-electron chi connectivity index (χ1n) is 10.3. The predicted molar refractivity (Wildman–Crippen MR) is 127 cm³/mol. The van der Waals surface area contributed by atoms with Crippen LogP contribution in [-0.2, 0) is 0 Å². The van der Waals surface area contributed by atoms with Gasteiger partial charge >= 0.3 is 0 Å². The predicted octanol–water partition coefficient (Wildman–Crippen LogP) is 8.38. The van der Waals surface area contributed by atoms with E-state index in [-0.39, 0.29) is 0 Å². The molecule has 0 fully saturated rings. The van der Waals surface area contributed by atoms with Gasteiger partial charge < -0.3 is 4.42 Å². The fraction of sp³-hybridized carbons (Fsp3) is 0.0345. The van der Waals surface area contributed by atoms with Crippen LogP contribution in [0.1, 0.15) is 5.56 Å². The van der Waals surface area contributed by atoms with Gasteiger partial charge in [0.1, 0.15) is 11.2 Å². The molecule has 1 heterocycles. The second-order valence-electron chi connectivity index (χ2n) is 7.81. The molecule has 6 rings (SSSR count). The number of benzene rings is 5. The quantitative estimate of drug-likeness (QED) is 0.292. The fourth-order valence-electron chi connectivity index (χ4n) is 4.58. The molecule has 0 saturated heterocycles. The normalized spacial score (nSPS) is 11.5. The van der Waals surface area contributed by atoms with Crippen LogP contribution < -0.4 is 0 Å². The summed E-state index contributed by atoms with van der Waals surface area (Å²) in [5, 5.41) is 4.80. The van der Waals surface area contributed by atoms with Crippen molar-refractivity contribution in [2.75, 3.05) is 0 Å². The third-order valence-electron chi connectivity index (χ3n) is 6.04. The lowest BCUT2D eigenvalue weighted by molar-refractivity contribution is 0.671. The summed E-state index contributed by atoms with van der Waals surface area (Å²) in [6.07, 6.45) is 0. The molecule has 1 heteroatoms. The van der Waals surface area contributed by atoms with Crippen LogP contribution in [0.5, 0.6) is 0 Å². The van der Waals surface area contributed by atoms with E-state index in [9.17, 15) is 0 Å². The van der Waals surface area contributed by atoms with Crippen LogP contribution in [0.25, 0.3) is 55.0 Å². The van der Waals surface area contributed by atoms with Crippen molar-refractivity contribution in [1.82, 2.24) is 0 Å². The monoisotopic (exact) mass is 384 g/mol. The Balaban J connectivity index is 1.70. The number of furan rings is 1. The molecule has 0 N–H and O–H groups in total. The van der Waals surface area contributed by atoms with Crippen LogP contribution in [0.3, 0.4) is 0 Å². The van der Waals surface area contributed by atoms with Gasteiger partial charge in [0, 0.05) is 21.9 Å². The Labute approximate surface area is 175 Å². The largest absolute Gasteiger partial charge is 0.455 e. The topological polar surface area (TPSA) is 13.1 Å². The van der Waals surface area contributed by atoms with Crippen molar-refractivity contribution in [3.63, 3.8) is 0 Å². The van der Waals surface area contributed by atoms with Crippen LogP contribution in [0.2, 0.25) is 0 Å². The summed E-state index contributed by atoms with van der Waals surface area (Å²) >= 11 is 0. The van der Waals surface area contributed by atoms with Crippen molar-refractivity contribution >= 4 is 32.7 Å². The Morgan fingerprint density at radius 3 is 1.70 bits per heavy atom. The minimum atomic E-state index is 0.949. The van der Waals surface area contributed by atoms with Gasteiger partial charge in [0.05, 0.1) is 0 Å². The molecule has 0 atom stereocenters. The summed E-state index contributed by atoms with van der Waals surface area (Å²) in [5.41, 5.74) is 7.85. The van der Waals surface area contributed by atoms with E-state index in [0.29, 0.717) is 0 Å². The maximum absolute atomic E-state index is 6.63. The maximum atomic E-state index is 6.63. The van der Waals surface area contributed by atoms with Gasteiger partial charge in [-0.3, -0.25) is 0 Å². The maximum Gasteiger partial charge on any atom is 0.143 e. The molecule has 0 spiro atoms.